The molecule has 0 aliphatic heterocycles. The highest BCUT2D eigenvalue weighted by Crippen LogP contribution is 2.26. The number of aliphatic hydroxyl groups excluding tert-OH is 1. The number of amides is 1. The molecule has 0 aliphatic rings. The third kappa shape index (κ3) is 6.23. The Morgan fingerprint density at radius 2 is 2.00 bits per heavy atom. The van der Waals surface area contributed by atoms with Crippen molar-refractivity contribution in [3.05, 3.63) is 34.4 Å². The van der Waals surface area contributed by atoms with E-state index in [4.69, 9.17) is 0 Å². The summed E-state index contributed by atoms with van der Waals surface area (Å²) in [5.41, 5.74) is 0.311. The number of nitro groups is 1. The van der Waals surface area contributed by atoms with Gasteiger partial charge in [-0.15, -0.1) is 0 Å². The van der Waals surface area contributed by atoms with Crippen LogP contribution in [0.4, 0.5) is 11.4 Å². The molecule has 0 radical (unpaired) electrons. The Morgan fingerprint density at radius 1 is 1.39 bits per heavy atom. The van der Waals surface area contributed by atoms with Gasteiger partial charge in [-0.2, -0.15) is 0 Å². The number of aliphatic hydroxyl groups is 1. The summed E-state index contributed by atoms with van der Waals surface area (Å²) in [6, 6.07) is 5.94. The first kappa shape index (κ1) is 18.9. The number of hydrogen-bond acceptors (Lipinski definition) is 5. The molecule has 0 spiro atoms. The minimum Gasteiger partial charge on any atom is -0.394 e. The molecule has 128 valence electrons. The summed E-state index contributed by atoms with van der Waals surface area (Å²) >= 11 is 0. The van der Waals surface area contributed by atoms with Crippen molar-refractivity contribution in [2.75, 3.05) is 25.1 Å². The molecular weight excluding hydrogens is 298 g/mol. The van der Waals surface area contributed by atoms with Crippen LogP contribution < -0.4 is 10.2 Å². The molecule has 0 fully saturated rings. The lowest BCUT2D eigenvalue weighted by atomic mass is 9.88. The fraction of sp³-hybridized carbons (Fsp3) is 0.562. The van der Waals surface area contributed by atoms with E-state index < -0.39 is 4.92 Å². The summed E-state index contributed by atoms with van der Waals surface area (Å²) in [6.45, 7) is 5.92. The van der Waals surface area contributed by atoms with Crippen molar-refractivity contribution in [3.63, 3.8) is 0 Å². The van der Waals surface area contributed by atoms with E-state index in [1.54, 1.807) is 25.2 Å². The van der Waals surface area contributed by atoms with E-state index in [1.807, 2.05) is 20.8 Å². The third-order valence-electron chi connectivity index (χ3n) is 3.31. The molecule has 0 aromatic heterocycles. The number of nitrogens with one attached hydrogen (secondary N) is 1. The van der Waals surface area contributed by atoms with E-state index in [9.17, 15) is 20.0 Å². The lowest BCUT2D eigenvalue weighted by molar-refractivity contribution is -0.384. The summed E-state index contributed by atoms with van der Waals surface area (Å²) in [5, 5.41) is 23.2. The standard InChI is InChI=1S/C16H25N3O4/c1-16(2,3)9-12(11-20)17-15(21)10-18(4)13-7-5-6-8-14(13)19(22)23/h5-8,12,20H,9-11H2,1-4H3,(H,17,21). The molecule has 7 nitrogen and oxygen atoms in total. The monoisotopic (exact) mass is 323 g/mol. The van der Waals surface area contributed by atoms with Crippen molar-refractivity contribution in [1.82, 2.24) is 5.32 Å². The van der Waals surface area contributed by atoms with Crippen LogP contribution in [-0.4, -0.2) is 42.2 Å². The Kier molecular flexibility index (Phi) is 6.50. The van der Waals surface area contributed by atoms with Gasteiger partial charge in [0.1, 0.15) is 5.69 Å². The van der Waals surface area contributed by atoms with Crippen LogP contribution >= 0.6 is 0 Å². The smallest absolute Gasteiger partial charge is 0.292 e. The van der Waals surface area contributed by atoms with Crippen molar-refractivity contribution in [2.45, 2.75) is 33.2 Å². The molecule has 2 N–H and O–H groups in total. The van der Waals surface area contributed by atoms with Crippen molar-refractivity contribution < 1.29 is 14.8 Å². The summed E-state index contributed by atoms with van der Waals surface area (Å²) in [7, 11) is 1.62. The molecule has 1 atom stereocenters. The van der Waals surface area contributed by atoms with Crippen LogP contribution in [0.2, 0.25) is 0 Å². The van der Waals surface area contributed by atoms with E-state index >= 15 is 0 Å². The van der Waals surface area contributed by atoms with Crippen LogP contribution in [-0.2, 0) is 4.79 Å². The Balaban J connectivity index is 2.72. The van der Waals surface area contributed by atoms with Crippen LogP contribution in [0.3, 0.4) is 0 Å². The average molecular weight is 323 g/mol. The lowest BCUT2D eigenvalue weighted by Crippen LogP contribution is -2.44. The highest BCUT2D eigenvalue weighted by atomic mass is 16.6. The molecule has 1 rings (SSSR count). The van der Waals surface area contributed by atoms with Crippen molar-refractivity contribution in [3.8, 4) is 0 Å². The van der Waals surface area contributed by atoms with Crippen molar-refractivity contribution >= 4 is 17.3 Å². The Bertz CT molecular complexity index is 555. The molecule has 7 heteroatoms. The summed E-state index contributed by atoms with van der Waals surface area (Å²) in [4.78, 5) is 24.2. The number of nitro benzene ring substituents is 1. The third-order valence-corrected chi connectivity index (χ3v) is 3.31. The van der Waals surface area contributed by atoms with Gasteiger partial charge in [-0.05, 0) is 17.9 Å². The Labute approximate surface area is 136 Å². The zero-order valence-corrected chi connectivity index (χ0v) is 14.1. The number of anilines is 1. The van der Waals surface area contributed by atoms with Gasteiger partial charge in [0.2, 0.25) is 5.91 Å². The molecule has 0 aliphatic carbocycles. The molecule has 1 amide bonds. The summed E-state index contributed by atoms with van der Waals surface area (Å²) < 4.78 is 0. The maximum absolute atomic E-state index is 12.1. The zero-order valence-electron chi connectivity index (χ0n) is 14.1. The van der Waals surface area contributed by atoms with Crippen molar-refractivity contribution in [2.24, 2.45) is 5.41 Å². The van der Waals surface area contributed by atoms with Crippen LogP contribution in [0.1, 0.15) is 27.2 Å². The second-order valence-electron chi connectivity index (χ2n) is 6.81. The van der Waals surface area contributed by atoms with E-state index in [1.165, 1.54) is 11.0 Å². The molecule has 1 aromatic rings. The molecule has 0 saturated carbocycles. The first-order valence-corrected chi connectivity index (χ1v) is 7.49. The van der Waals surface area contributed by atoms with Crippen LogP contribution in [0, 0.1) is 15.5 Å². The summed E-state index contributed by atoms with van der Waals surface area (Å²) in [6.07, 6.45) is 0.643. The van der Waals surface area contributed by atoms with Crippen molar-refractivity contribution in [1.29, 1.82) is 0 Å². The van der Waals surface area contributed by atoms with Crippen LogP contribution in [0.5, 0.6) is 0 Å². The molecule has 1 aromatic carbocycles. The number of hydrogen-bond donors (Lipinski definition) is 2. The molecule has 1 unspecified atom stereocenters. The Morgan fingerprint density at radius 3 is 2.52 bits per heavy atom. The number of carbonyl (C=O) groups is 1. The highest BCUT2D eigenvalue weighted by Gasteiger charge is 2.22. The predicted octanol–water partition coefficient (Wildman–Crippen LogP) is 1.94. The number of benzene rings is 1. The molecule has 0 bridgehead atoms. The van der Waals surface area contributed by atoms with Crippen LogP contribution in [0.15, 0.2) is 24.3 Å². The SMILES string of the molecule is CN(CC(=O)NC(CO)CC(C)(C)C)c1ccccc1[N+](=O)[O-]. The van der Waals surface area contributed by atoms with Gasteiger partial charge in [-0.3, -0.25) is 14.9 Å². The largest absolute Gasteiger partial charge is 0.394 e. The first-order valence-electron chi connectivity index (χ1n) is 7.49. The number of nitrogens with zero attached hydrogens (tertiary/aromatic N) is 2. The van der Waals surface area contributed by atoms with E-state index in [2.05, 4.69) is 5.32 Å². The van der Waals surface area contributed by atoms with Gasteiger partial charge in [-0.1, -0.05) is 32.9 Å². The molecule has 23 heavy (non-hydrogen) atoms. The Hall–Kier alpha value is -2.15. The van der Waals surface area contributed by atoms with Gasteiger partial charge in [0.15, 0.2) is 0 Å². The van der Waals surface area contributed by atoms with E-state index in [-0.39, 0.29) is 36.2 Å². The molecule has 0 saturated heterocycles. The minimum atomic E-state index is -0.472. The van der Waals surface area contributed by atoms with E-state index in [0.717, 1.165) is 0 Å². The van der Waals surface area contributed by atoms with Gasteiger partial charge in [0, 0.05) is 13.1 Å². The number of rotatable bonds is 7. The fourth-order valence-corrected chi connectivity index (χ4v) is 2.42. The lowest BCUT2D eigenvalue weighted by Gasteiger charge is -2.26. The van der Waals surface area contributed by atoms with Gasteiger partial charge in [-0.25, -0.2) is 0 Å². The quantitative estimate of drug-likeness (QED) is 0.590. The molecule has 0 heterocycles. The average Bonchev–Trinajstić information content (AvgIpc) is 2.44. The second kappa shape index (κ2) is 7.92. The maximum atomic E-state index is 12.1. The van der Waals surface area contributed by atoms with Crippen LogP contribution in [0.25, 0.3) is 0 Å². The number of carbonyl (C=O) groups excluding carboxylic acids is 1. The van der Waals surface area contributed by atoms with Gasteiger partial charge in [0.25, 0.3) is 5.69 Å². The van der Waals surface area contributed by atoms with Gasteiger partial charge in [0.05, 0.1) is 24.1 Å². The fourth-order valence-electron chi connectivity index (χ4n) is 2.42. The first-order chi connectivity index (χ1) is 10.6. The predicted molar refractivity (Wildman–Crippen MR) is 89.5 cm³/mol. The normalized spacial score (nSPS) is 12.6. The molecular formula is C16H25N3O4. The topological polar surface area (TPSA) is 95.7 Å². The minimum absolute atomic E-state index is 0.0223. The highest BCUT2D eigenvalue weighted by molar-refractivity contribution is 5.82. The van der Waals surface area contributed by atoms with Gasteiger partial charge < -0.3 is 15.3 Å². The number of para-hydroxylation sites is 2. The number of likely N-dealkylation sites (N-methyl/N-ethyl adjacent to an activating group) is 1. The van der Waals surface area contributed by atoms with E-state index in [0.29, 0.717) is 12.1 Å². The zero-order chi connectivity index (χ0) is 17.6. The maximum Gasteiger partial charge on any atom is 0.292 e. The summed E-state index contributed by atoms with van der Waals surface area (Å²) in [5.74, 6) is -0.283. The van der Waals surface area contributed by atoms with Gasteiger partial charge >= 0.3 is 0 Å². The second-order valence-corrected chi connectivity index (χ2v) is 6.81.